The molecule has 54 heavy (non-hydrogen) atoms. The average Bonchev–Trinajstić information content (AvgIpc) is 3.97. The monoisotopic (exact) mass is 784 g/mol. The number of carbonyl (C=O) groups is 4. The maximum Gasteiger partial charge on any atom is 0.419 e. The first-order valence-electron chi connectivity index (χ1n) is 17.6. The van der Waals surface area contributed by atoms with Crippen molar-refractivity contribution in [3.63, 3.8) is 0 Å². The summed E-state index contributed by atoms with van der Waals surface area (Å²) in [6.45, 7) is 4.83. The van der Waals surface area contributed by atoms with Crippen molar-refractivity contribution in [3.05, 3.63) is 70.3 Å². The summed E-state index contributed by atoms with van der Waals surface area (Å²) in [6, 6.07) is 5.62. The van der Waals surface area contributed by atoms with Crippen LogP contribution in [0.15, 0.2) is 36.4 Å². The van der Waals surface area contributed by atoms with Crippen molar-refractivity contribution < 1.29 is 54.3 Å². The number of hydrogen-bond donors (Lipinski definition) is 2. The van der Waals surface area contributed by atoms with E-state index < -0.39 is 97.9 Å². The zero-order valence-electron chi connectivity index (χ0n) is 29.3. The van der Waals surface area contributed by atoms with Gasteiger partial charge in [0.2, 0.25) is 21.8 Å². The van der Waals surface area contributed by atoms with Gasteiger partial charge >= 0.3 is 12.3 Å². The molecule has 4 aliphatic rings. The van der Waals surface area contributed by atoms with Gasteiger partial charge in [0, 0.05) is 24.4 Å². The number of nitrogens with one attached hydrogen (secondary N) is 2. The third-order valence-corrected chi connectivity index (χ3v) is 12.6. The number of halogens is 5. The molecule has 0 spiro atoms. The molecule has 2 heterocycles. The van der Waals surface area contributed by atoms with E-state index in [2.05, 4.69) is 10.0 Å². The van der Waals surface area contributed by atoms with Crippen molar-refractivity contribution >= 4 is 33.8 Å². The summed E-state index contributed by atoms with van der Waals surface area (Å²) >= 11 is 0. The van der Waals surface area contributed by atoms with Crippen molar-refractivity contribution in [2.75, 3.05) is 6.54 Å². The molecule has 4 amide bonds. The molecule has 2 aliphatic heterocycles. The summed E-state index contributed by atoms with van der Waals surface area (Å²) in [5, 5.41) is 2.01. The summed E-state index contributed by atoms with van der Waals surface area (Å²) in [5.41, 5.74) is -2.09. The second-order valence-electron chi connectivity index (χ2n) is 14.8. The molecule has 296 valence electrons. The van der Waals surface area contributed by atoms with Gasteiger partial charge < -0.3 is 15.0 Å². The lowest BCUT2D eigenvalue weighted by Crippen LogP contribution is -2.57. The SMILES string of the molecule is C.CC[C@@H]1C[C@]1(NC(=O)[C@@H]1C[C@@H](OC(=O)N2Cc3cccc(F)c3C2)CN1C(=O)[C@@H](Cc1ccc(F)c(C(F)(F)F)c1)C(C)C)C(=O)NS(=O)(=O)C1CC1. The Kier molecular flexibility index (Phi) is 11.4. The first-order chi connectivity index (χ1) is 24.8. The second-order valence-corrected chi connectivity index (χ2v) is 16.8. The van der Waals surface area contributed by atoms with Crippen LogP contribution in [0.5, 0.6) is 0 Å². The molecule has 0 bridgehead atoms. The van der Waals surface area contributed by atoms with Gasteiger partial charge in [-0.25, -0.2) is 22.0 Å². The Morgan fingerprint density at radius 1 is 1.04 bits per heavy atom. The fraction of sp³-hybridized carbons (Fsp3) is 0.568. The van der Waals surface area contributed by atoms with Crippen LogP contribution in [0.1, 0.15) is 82.6 Å². The molecule has 2 saturated carbocycles. The maximum atomic E-state index is 14.4. The summed E-state index contributed by atoms with van der Waals surface area (Å²) in [6.07, 6.45) is -5.92. The van der Waals surface area contributed by atoms with E-state index in [9.17, 15) is 49.5 Å². The fourth-order valence-electron chi connectivity index (χ4n) is 7.39. The standard InChI is InChI=1S/C36H41F5N4O7S.CH4/c1-4-22-15-35(22,33(48)43-53(50,51)24-9-10-24)42-31(46)30-14-23(52-34(49)44-16-21-6-5-7-28(37)26(21)18-44)17-45(30)32(47)25(19(2)3)12-20-8-11-29(38)27(13-20)36(39,40)41;/h5-8,11,13,19,22-25,30H,4,9-10,12,14-18H2,1-3H3,(H,42,46)(H,43,48);1H4/t22-,23-,25+,30+,35-;/m1./s1. The lowest BCUT2D eigenvalue weighted by atomic mass is 9.87. The van der Waals surface area contributed by atoms with Crippen LogP contribution < -0.4 is 10.0 Å². The summed E-state index contributed by atoms with van der Waals surface area (Å²) in [4.78, 5) is 57.6. The number of carbonyl (C=O) groups excluding carboxylic acids is 4. The van der Waals surface area contributed by atoms with E-state index in [0.717, 1.165) is 6.07 Å². The molecule has 2 aromatic rings. The molecular formula is C37H45F5N4O7S. The lowest BCUT2D eigenvalue weighted by Gasteiger charge is -2.31. The van der Waals surface area contributed by atoms with Crippen LogP contribution >= 0.6 is 0 Å². The average molecular weight is 785 g/mol. The van der Waals surface area contributed by atoms with Gasteiger partial charge in [-0.3, -0.25) is 24.0 Å². The van der Waals surface area contributed by atoms with E-state index in [0.29, 0.717) is 42.5 Å². The zero-order chi connectivity index (χ0) is 38.6. The maximum absolute atomic E-state index is 14.4. The highest BCUT2D eigenvalue weighted by molar-refractivity contribution is 7.91. The van der Waals surface area contributed by atoms with Gasteiger partial charge in [-0.1, -0.05) is 52.8 Å². The predicted molar refractivity (Wildman–Crippen MR) is 186 cm³/mol. The Balaban J connectivity index is 0.00000561. The van der Waals surface area contributed by atoms with Crippen molar-refractivity contribution in [1.29, 1.82) is 0 Å². The number of nitrogens with zero attached hydrogens (tertiary/aromatic N) is 2. The molecule has 0 radical (unpaired) electrons. The van der Waals surface area contributed by atoms with E-state index in [1.54, 1.807) is 26.8 Å². The highest BCUT2D eigenvalue weighted by Gasteiger charge is 2.62. The van der Waals surface area contributed by atoms with E-state index >= 15 is 0 Å². The van der Waals surface area contributed by atoms with Gasteiger partial charge in [0.15, 0.2) is 0 Å². The van der Waals surface area contributed by atoms with Crippen LogP contribution in [0, 0.1) is 29.4 Å². The normalized spacial score (nSPS) is 24.1. The molecule has 2 aromatic carbocycles. The molecule has 0 unspecified atom stereocenters. The van der Waals surface area contributed by atoms with Gasteiger partial charge in [0.05, 0.1) is 23.9 Å². The molecule has 2 N–H and O–H groups in total. The van der Waals surface area contributed by atoms with E-state index in [1.807, 2.05) is 0 Å². The number of ether oxygens (including phenoxy) is 1. The Labute approximate surface area is 311 Å². The number of hydrogen-bond acceptors (Lipinski definition) is 7. The second kappa shape index (κ2) is 15.1. The van der Waals surface area contributed by atoms with Crippen LogP contribution in [0.4, 0.5) is 26.7 Å². The van der Waals surface area contributed by atoms with Crippen molar-refractivity contribution in [2.45, 2.75) is 109 Å². The number of likely N-dealkylation sites (tertiary alicyclic amines) is 1. The highest BCUT2D eigenvalue weighted by Crippen LogP contribution is 2.47. The summed E-state index contributed by atoms with van der Waals surface area (Å²) in [7, 11) is -3.95. The Bertz CT molecular complexity index is 1920. The molecule has 3 fully saturated rings. The van der Waals surface area contributed by atoms with Gasteiger partial charge in [0.25, 0.3) is 5.91 Å². The minimum Gasteiger partial charge on any atom is -0.444 e. The quantitative estimate of drug-likeness (QED) is 0.289. The molecular weight excluding hydrogens is 739 g/mol. The number of fused-ring (bicyclic) bond motifs is 1. The third-order valence-electron chi connectivity index (χ3n) is 10.8. The first kappa shape index (κ1) is 40.9. The van der Waals surface area contributed by atoms with Gasteiger partial charge in [0.1, 0.15) is 29.3 Å². The van der Waals surface area contributed by atoms with Crippen molar-refractivity contribution in [3.8, 4) is 0 Å². The lowest BCUT2D eigenvalue weighted by molar-refractivity contribution is -0.143. The Morgan fingerprint density at radius 2 is 1.74 bits per heavy atom. The third kappa shape index (κ3) is 8.20. The van der Waals surface area contributed by atoms with Gasteiger partial charge in [-0.15, -0.1) is 0 Å². The van der Waals surface area contributed by atoms with Crippen LogP contribution in [-0.4, -0.2) is 71.5 Å². The van der Waals surface area contributed by atoms with Crippen LogP contribution in [0.25, 0.3) is 0 Å². The number of amides is 4. The number of rotatable bonds is 11. The van der Waals surface area contributed by atoms with Gasteiger partial charge in [-0.2, -0.15) is 13.2 Å². The molecule has 0 aromatic heterocycles. The largest absolute Gasteiger partial charge is 0.444 e. The van der Waals surface area contributed by atoms with Crippen molar-refractivity contribution in [2.24, 2.45) is 17.8 Å². The summed E-state index contributed by atoms with van der Waals surface area (Å²) < 4.78 is 102. The molecule has 11 nitrogen and oxygen atoms in total. The molecule has 1 saturated heterocycles. The number of alkyl halides is 3. The first-order valence-corrected chi connectivity index (χ1v) is 19.1. The van der Waals surface area contributed by atoms with Crippen LogP contribution in [-0.2, 0) is 54.8 Å². The number of benzene rings is 2. The minimum atomic E-state index is -4.98. The number of sulfonamides is 1. The smallest absolute Gasteiger partial charge is 0.419 e. The predicted octanol–water partition coefficient (Wildman–Crippen LogP) is 5.45. The topological polar surface area (TPSA) is 142 Å². The molecule has 17 heteroatoms. The van der Waals surface area contributed by atoms with Crippen molar-refractivity contribution in [1.82, 2.24) is 19.8 Å². The zero-order valence-corrected chi connectivity index (χ0v) is 30.2. The minimum absolute atomic E-state index is 0. The van der Waals surface area contributed by atoms with E-state index in [1.165, 1.54) is 21.9 Å². The molecule has 6 rings (SSSR count). The van der Waals surface area contributed by atoms with Crippen LogP contribution in [0.3, 0.4) is 0 Å². The molecule has 5 atom stereocenters. The molecule has 2 aliphatic carbocycles. The van der Waals surface area contributed by atoms with E-state index in [-0.39, 0.29) is 51.9 Å². The Hall–Kier alpha value is -4.28. The fourth-order valence-corrected chi connectivity index (χ4v) is 8.75. The highest BCUT2D eigenvalue weighted by atomic mass is 32.2. The van der Waals surface area contributed by atoms with Crippen LogP contribution in [0.2, 0.25) is 0 Å². The summed E-state index contributed by atoms with van der Waals surface area (Å²) in [5.74, 6) is -6.18. The van der Waals surface area contributed by atoms with Gasteiger partial charge in [-0.05, 0) is 66.8 Å². The Morgan fingerprint density at radius 3 is 2.33 bits per heavy atom. The van der Waals surface area contributed by atoms with E-state index in [4.69, 9.17) is 4.74 Å².